The van der Waals surface area contributed by atoms with Gasteiger partial charge in [0.25, 0.3) is 5.91 Å². The van der Waals surface area contributed by atoms with Crippen LogP contribution in [0.5, 0.6) is 0 Å². The van der Waals surface area contributed by atoms with Crippen molar-refractivity contribution >= 4 is 45.8 Å². The van der Waals surface area contributed by atoms with Crippen LogP contribution >= 0.6 is 11.6 Å². The van der Waals surface area contributed by atoms with E-state index in [2.05, 4.69) is 5.32 Å². The number of carbonyl (C=O) groups excluding carboxylic acids is 3. The fraction of sp³-hybridized carbons (Fsp3) is 0.208. The maximum absolute atomic E-state index is 13.4. The quantitative estimate of drug-likeness (QED) is 0.643. The Kier molecular flexibility index (Phi) is 5.65. The molecule has 0 unspecified atom stereocenters. The summed E-state index contributed by atoms with van der Waals surface area (Å²) in [5, 5.41) is 4.90. The molecular weight excluding hydrogens is 414 g/mol. The summed E-state index contributed by atoms with van der Waals surface area (Å²) in [4.78, 5) is 41.7. The molecule has 0 spiro atoms. The van der Waals surface area contributed by atoms with Gasteiger partial charge in [-0.1, -0.05) is 54.1 Å². The number of hydrogen-bond donors (Lipinski definition) is 1. The zero-order valence-corrected chi connectivity index (χ0v) is 18.0. The average Bonchev–Trinajstić information content (AvgIpc) is 3.05. The lowest BCUT2D eigenvalue weighted by atomic mass is 10.1. The highest BCUT2D eigenvalue weighted by Gasteiger charge is 2.34. The molecule has 0 fully saturated rings. The van der Waals surface area contributed by atoms with Gasteiger partial charge in [-0.05, 0) is 36.1 Å². The predicted octanol–water partition coefficient (Wildman–Crippen LogP) is 3.62. The second kappa shape index (κ2) is 8.40. The first-order valence-electron chi connectivity index (χ1n) is 10.0. The van der Waals surface area contributed by atoms with Crippen LogP contribution in [0.1, 0.15) is 22.8 Å². The number of amides is 3. The molecule has 1 aliphatic heterocycles. The number of benzene rings is 3. The van der Waals surface area contributed by atoms with Crippen LogP contribution in [0, 0.1) is 0 Å². The molecule has 7 heteroatoms. The van der Waals surface area contributed by atoms with Crippen LogP contribution in [0.4, 0.5) is 5.69 Å². The average molecular weight is 436 g/mol. The van der Waals surface area contributed by atoms with Crippen LogP contribution in [0.3, 0.4) is 0 Å². The Bertz CT molecular complexity index is 1190. The van der Waals surface area contributed by atoms with E-state index in [0.29, 0.717) is 16.3 Å². The Balaban J connectivity index is 1.65. The minimum absolute atomic E-state index is 0.159. The zero-order chi connectivity index (χ0) is 22.1. The number of nitrogens with zero attached hydrogens (tertiary/aromatic N) is 2. The van der Waals surface area contributed by atoms with Crippen LogP contribution in [0.25, 0.3) is 10.8 Å². The van der Waals surface area contributed by atoms with Crippen molar-refractivity contribution < 1.29 is 14.4 Å². The molecule has 0 saturated carbocycles. The fourth-order valence-electron chi connectivity index (χ4n) is 3.96. The van der Waals surface area contributed by atoms with Crippen molar-refractivity contribution in [2.75, 3.05) is 18.5 Å². The van der Waals surface area contributed by atoms with Gasteiger partial charge >= 0.3 is 0 Å². The highest BCUT2D eigenvalue weighted by atomic mass is 35.5. The van der Waals surface area contributed by atoms with Gasteiger partial charge in [-0.15, -0.1) is 0 Å². The summed E-state index contributed by atoms with van der Waals surface area (Å²) in [6, 6.07) is 17.7. The maximum Gasteiger partial charge on any atom is 0.259 e. The summed E-state index contributed by atoms with van der Waals surface area (Å²) in [6.45, 7) is 1.65. The highest BCUT2D eigenvalue weighted by molar-refractivity contribution is 6.31. The first kappa shape index (κ1) is 20.9. The summed E-state index contributed by atoms with van der Waals surface area (Å²) in [6.07, 6.45) is 0. The van der Waals surface area contributed by atoms with E-state index in [4.69, 9.17) is 11.6 Å². The van der Waals surface area contributed by atoms with E-state index in [0.717, 1.165) is 16.3 Å². The van der Waals surface area contributed by atoms with Gasteiger partial charge in [0, 0.05) is 29.6 Å². The van der Waals surface area contributed by atoms with Gasteiger partial charge in [-0.3, -0.25) is 19.3 Å². The molecule has 0 saturated heterocycles. The Morgan fingerprint density at radius 2 is 1.77 bits per heavy atom. The summed E-state index contributed by atoms with van der Waals surface area (Å²) < 4.78 is 0. The first-order chi connectivity index (χ1) is 14.9. The first-order valence-corrected chi connectivity index (χ1v) is 10.4. The van der Waals surface area contributed by atoms with Gasteiger partial charge in [0.2, 0.25) is 11.8 Å². The molecule has 1 heterocycles. The molecular formula is C24H22ClN3O3. The van der Waals surface area contributed by atoms with Crippen molar-refractivity contribution in [3.8, 4) is 0 Å². The van der Waals surface area contributed by atoms with Crippen LogP contribution in [-0.2, 0) is 16.1 Å². The molecule has 0 radical (unpaired) electrons. The lowest BCUT2D eigenvalue weighted by Crippen LogP contribution is -2.50. The Morgan fingerprint density at radius 1 is 1.06 bits per heavy atom. The molecule has 158 valence electrons. The molecule has 6 nitrogen and oxygen atoms in total. The zero-order valence-electron chi connectivity index (χ0n) is 17.3. The number of halogens is 1. The Hall–Kier alpha value is -3.38. The number of likely N-dealkylation sites (N-methyl/N-ethyl adjacent to an activating group) is 1. The highest BCUT2D eigenvalue weighted by Crippen LogP contribution is 2.37. The van der Waals surface area contributed by atoms with E-state index in [1.807, 2.05) is 42.5 Å². The standard InChI is InChI=1S/C24H22ClN3O3/c1-15(23(30)26-2)27(13-17-7-3-4-11-19(17)25)21(29)14-28-20-12-6-9-16-8-5-10-18(22(16)20)24(28)31/h3-12,15H,13-14H2,1-2H3,(H,26,30)/t15-/m1/s1. The summed E-state index contributed by atoms with van der Waals surface area (Å²) in [5.41, 5.74) is 2.01. The van der Waals surface area contributed by atoms with Crippen molar-refractivity contribution in [3.63, 3.8) is 0 Å². The summed E-state index contributed by atoms with van der Waals surface area (Å²) in [7, 11) is 1.53. The molecule has 1 N–H and O–H groups in total. The van der Waals surface area contributed by atoms with Gasteiger partial charge in [0.1, 0.15) is 12.6 Å². The molecule has 1 aliphatic rings. The predicted molar refractivity (Wildman–Crippen MR) is 121 cm³/mol. The SMILES string of the molecule is CNC(=O)[C@@H](C)N(Cc1ccccc1Cl)C(=O)CN1C(=O)c2cccc3cccc1c23. The minimum Gasteiger partial charge on any atom is -0.357 e. The molecule has 0 aromatic heterocycles. The number of anilines is 1. The number of carbonyl (C=O) groups is 3. The number of nitrogens with one attached hydrogen (secondary N) is 1. The van der Waals surface area contributed by atoms with E-state index in [-0.39, 0.29) is 30.8 Å². The molecule has 3 aromatic rings. The lowest BCUT2D eigenvalue weighted by Gasteiger charge is -2.30. The second-order valence-electron chi connectivity index (χ2n) is 7.48. The topological polar surface area (TPSA) is 69.7 Å². The molecule has 31 heavy (non-hydrogen) atoms. The lowest BCUT2D eigenvalue weighted by molar-refractivity contribution is -0.139. The normalized spacial score (nSPS) is 13.4. The van der Waals surface area contributed by atoms with E-state index in [9.17, 15) is 14.4 Å². The van der Waals surface area contributed by atoms with E-state index in [1.54, 1.807) is 25.1 Å². The van der Waals surface area contributed by atoms with Crippen molar-refractivity contribution in [1.82, 2.24) is 10.2 Å². The smallest absolute Gasteiger partial charge is 0.259 e. The van der Waals surface area contributed by atoms with Gasteiger partial charge in [-0.25, -0.2) is 0 Å². The van der Waals surface area contributed by atoms with Crippen molar-refractivity contribution in [2.45, 2.75) is 19.5 Å². The third-order valence-corrected chi connectivity index (χ3v) is 6.02. The van der Waals surface area contributed by atoms with E-state index < -0.39 is 6.04 Å². The van der Waals surface area contributed by atoms with Crippen LogP contribution in [0.15, 0.2) is 60.7 Å². The molecule has 4 rings (SSSR count). The number of hydrogen-bond acceptors (Lipinski definition) is 3. The van der Waals surface area contributed by atoms with Gasteiger partial charge in [0.15, 0.2) is 0 Å². The van der Waals surface area contributed by atoms with Crippen molar-refractivity contribution in [3.05, 3.63) is 76.8 Å². The summed E-state index contributed by atoms with van der Waals surface area (Å²) in [5.74, 6) is -0.849. The second-order valence-corrected chi connectivity index (χ2v) is 7.88. The maximum atomic E-state index is 13.4. The molecule has 3 amide bonds. The third-order valence-electron chi connectivity index (χ3n) is 5.65. The molecule has 3 aromatic carbocycles. The van der Waals surface area contributed by atoms with Crippen LogP contribution in [0.2, 0.25) is 5.02 Å². The van der Waals surface area contributed by atoms with Crippen LogP contribution in [-0.4, -0.2) is 42.3 Å². The van der Waals surface area contributed by atoms with Crippen molar-refractivity contribution in [1.29, 1.82) is 0 Å². The minimum atomic E-state index is -0.732. The summed E-state index contributed by atoms with van der Waals surface area (Å²) >= 11 is 6.30. The van der Waals surface area contributed by atoms with Gasteiger partial charge in [0.05, 0.1) is 5.69 Å². The van der Waals surface area contributed by atoms with Crippen LogP contribution < -0.4 is 10.2 Å². The largest absolute Gasteiger partial charge is 0.357 e. The Morgan fingerprint density at radius 3 is 2.48 bits per heavy atom. The van der Waals surface area contributed by atoms with Crippen molar-refractivity contribution in [2.24, 2.45) is 0 Å². The monoisotopic (exact) mass is 435 g/mol. The fourth-order valence-corrected chi connectivity index (χ4v) is 4.16. The molecule has 0 aliphatic carbocycles. The van der Waals surface area contributed by atoms with Gasteiger partial charge < -0.3 is 10.2 Å². The van der Waals surface area contributed by atoms with E-state index >= 15 is 0 Å². The molecule has 0 bridgehead atoms. The number of rotatable bonds is 6. The van der Waals surface area contributed by atoms with Gasteiger partial charge in [-0.2, -0.15) is 0 Å². The Labute approximate surface area is 185 Å². The molecule has 1 atom stereocenters. The third kappa shape index (κ3) is 3.75. The van der Waals surface area contributed by atoms with E-state index in [1.165, 1.54) is 16.8 Å².